The van der Waals surface area contributed by atoms with Crippen molar-refractivity contribution in [2.45, 2.75) is 45.6 Å². The highest BCUT2D eigenvalue weighted by atomic mass is 32.1. The van der Waals surface area contributed by atoms with E-state index in [1.807, 2.05) is 18.7 Å². The minimum atomic E-state index is 0.817. The molecule has 5 heteroatoms. The highest BCUT2D eigenvalue weighted by Crippen LogP contribution is 2.18. The van der Waals surface area contributed by atoms with Crippen LogP contribution in [0.25, 0.3) is 0 Å². The predicted molar refractivity (Wildman–Crippen MR) is 82.7 cm³/mol. The third-order valence-electron chi connectivity index (χ3n) is 3.27. The van der Waals surface area contributed by atoms with E-state index in [9.17, 15) is 0 Å². The minimum Gasteiger partial charge on any atom is -0.411 e. The van der Waals surface area contributed by atoms with Gasteiger partial charge in [-0.3, -0.25) is 0 Å². The molecule has 2 rings (SSSR count). The number of nitrogens with zero attached hydrogens (tertiary/aromatic N) is 3. The van der Waals surface area contributed by atoms with Gasteiger partial charge < -0.3 is 9.77 Å². The lowest BCUT2D eigenvalue weighted by molar-refractivity contribution is 0.318. The summed E-state index contributed by atoms with van der Waals surface area (Å²) in [5.74, 6) is 0. The van der Waals surface area contributed by atoms with Crippen LogP contribution < -0.4 is 0 Å². The van der Waals surface area contributed by atoms with Gasteiger partial charge in [0.25, 0.3) is 0 Å². The van der Waals surface area contributed by atoms with Crippen molar-refractivity contribution in [3.05, 3.63) is 40.6 Å². The summed E-state index contributed by atoms with van der Waals surface area (Å²) >= 11 is 1.65. The Morgan fingerprint density at radius 3 is 2.85 bits per heavy atom. The van der Waals surface area contributed by atoms with Crippen LogP contribution in [0.4, 0.5) is 0 Å². The molecule has 1 N–H and O–H groups in total. The maximum atomic E-state index is 9.10. The summed E-state index contributed by atoms with van der Waals surface area (Å²) in [4.78, 5) is 5.11. The standard InChI is InChI=1S/C15H21N3OS/c1-13-10-15(20-11-13)14(17-19)6-4-2-3-5-8-18-9-7-16-12-18/h7,9-12,19H,2-6,8H2,1H3. The van der Waals surface area contributed by atoms with E-state index in [0.717, 1.165) is 36.4 Å². The summed E-state index contributed by atoms with van der Waals surface area (Å²) in [7, 11) is 0. The van der Waals surface area contributed by atoms with E-state index in [1.54, 1.807) is 11.3 Å². The summed E-state index contributed by atoms with van der Waals surface area (Å²) in [6, 6.07) is 2.08. The number of oxime groups is 1. The zero-order valence-corrected chi connectivity index (χ0v) is 12.6. The quantitative estimate of drug-likeness (QED) is 0.345. The second kappa shape index (κ2) is 7.85. The molecule has 0 aliphatic heterocycles. The number of aryl methyl sites for hydroxylation is 2. The molecule has 4 nitrogen and oxygen atoms in total. The number of imidazole rings is 1. The van der Waals surface area contributed by atoms with Crippen LogP contribution in [0.1, 0.15) is 42.5 Å². The fraction of sp³-hybridized carbons (Fsp3) is 0.467. The number of rotatable bonds is 8. The lowest BCUT2D eigenvalue weighted by Crippen LogP contribution is -1.99. The average molecular weight is 291 g/mol. The van der Waals surface area contributed by atoms with Gasteiger partial charge in [-0.1, -0.05) is 18.0 Å². The maximum absolute atomic E-state index is 9.10. The Morgan fingerprint density at radius 2 is 2.20 bits per heavy atom. The Labute approximate surface area is 123 Å². The number of hydrogen-bond donors (Lipinski definition) is 1. The molecule has 0 aliphatic carbocycles. The molecule has 2 aromatic heterocycles. The first-order valence-electron chi connectivity index (χ1n) is 7.02. The maximum Gasteiger partial charge on any atom is 0.0967 e. The van der Waals surface area contributed by atoms with Crippen LogP contribution in [0.3, 0.4) is 0 Å². The van der Waals surface area contributed by atoms with Gasteiger partial charge in [0.2, 0.25) is 0 Å². The molecule has 0 spiro atoms. The van der Waals surface area contributed by atoms with E-state index in [4.69, 9.17) is 5.21 Å². The van der Waals surface area contributed by atoms with Crippen molar-refractivity contribution in [1.29, 1.82) is 0 Å². The molecule has 2 heterocycles. The molecular weight excluding hydrogens is 270 g/mol. The molecule has 0 saturated heterocycles. The van der Waals surface area contributed by atoms with E-state index in [-0.39, 0.29) is 0 Å². The number of aromatic nitrogens is 2. The van der Waals surface area contributed by atoms with E-state index in [0.29, 0.717) is 0 Å². The van der Waals surface area contributed by atoms with Crippen LogP contribution in [0.15, 0.2) is 35.3 Å². The summed E-state index contributed by atoms with van der Waals surface area (Å²) in [5, 5.41) is 14.6. The second-order valence-corrected chi connectivity index (χ2v) is 5.91. The van der Waals surface area contributed by atoms with Crippen molar-refractivity contribution in [3.8, 4) is 0 Å². The van der Waals surface area contributed by atoms with Crippen molar-refractivity contribution in [1.82, 2.24) is 9.55 Å². The predicted octanol–water partition coefficient (Wildman–Crippen LogP) is 4.08. The average Bonchev–Trinajstić information content (AvgIpc) is 3.10. The molecule has 0 atom stereocenters. The van der Waals surface area contributed by atoms with E-state index in [1.165, 1.54) is 18.4 Å². The molecular formula is C15H21N3OS. The van der Waals surface area contributed by atoms with Gasteiger partial charge in [0.1, 0.15) is 0 Å². The molecule has 0 amide bonds. The Morgan fingerprint density at radius 1 is 1.35 bits per heavy atom. The molecule has 2 aromatic rings. The van der Waals surface area contributed by atoms with E-state index < -0.39 is 0 Å². The van der Waals surface area contributed by atoms with Gasteiger partial charge in [-0.25, -0.2) is 4.98 Å². The van der Waals surface area contributed by atoms with Crippen LogP contribution in [0.5, 0.6) is 0 Å². The Hall–Kier alpha value is -1.62. The van der Waals surface area contributed by atoms with Crippen molar-refractivity contribution in [3.63, 3.8) is 0 Å². The smallest absolute Gasteiger partial charge is 0.0967 e. The first-order chi connectivity index (χ1) is 9.79. The van der Waals surface area contributed by atoms with E-state index >= 15 is 0 Å². The van der Waals surface area contributed by atoms with Gasteiger partial charge in [-0.15, -0.1) is 11.3 Å². The SMILES string of the molecule is Cc1csc(C(CCCCCCn2ccnc2)=NO)c1. The molecule has 0 unspecified atom stereocenters. The molecule has 0 saturated carbocycles. The molecule has 0 radical (unpaired) electrons. The normalized spacial score (nSPS) is 11.9. The van der Waals surface area contributed by atoms with Crippen LogP contribution >= 0.6 is 11.3 Å². The lowest BCUT2D eigenvalue weighted by atomic mass is 10.1. The minimum absolute atomic E-state index is 0.817. The molecule has 0 aromatic carbocycles. The Balaban J connectivity index is 1.62. The van der Waals surface area contributed by atoms with Gasteiger partial charge >= 0.3 is 0 Å². The topological polar surface area (TPSA) is 50.4 Å². The molecule has 0 fully saturated rings. The number of thiophene rings is 1. The lowest BCUT2D eigenvalue weighted by Gasteiger charge is -2.03. The third-order valence-corrected chi connectivity index (χ3v) is 4.37. The highest BCUT2D eigenvalue weighted by Gasteiger charge is 2.06. The summed E-state index contributed by atoms with van der Waals surface area (Å²) in [6.45, 7) is 3.09. The fourth-order valence-corrected chi connectivity index (χ4v) is 3.08. The monoisotopic (exact) mass is 291 g/mol. The van der Waals surface area contributed by atoms with Gasteiger partial charge in [-0.2, -0.15) is 0 Å². The Kier molecular flexibility index (Phi) is 5.80. The number of unbranched alkanes of at least 4 members (excludes halogenated alkanes) is 3. The zero-order chi connectivity index (χ0) is 14.2. The summed E-state index contributed by atoms with van der Waals surface area (Å²) in [5.41, 5.74) is 2.05. The first kappa shape index (κ1) is 14.8. The fourth-order valence-electron chi connectivity index (χ4n) is 2.16. The van der Waals surface area contributed by atoms with Crippen molar-refractivity contribution in [2.75, 3.05) is 0 Å². The molecule has 20 heavy (non-hydrogen) atoms. The van der Waals surface area contributed by atoms with E-state index in [2.05, 4.69) is 33.1 Å². The van der Waals surface area contributed by atoms with Crippen LogP contribution in [0.2, 0.25) is 0 Å². The van der Waals surface area contributed by atoms with Crippen LogP contribution in [-0.2, 0) is 6.54 Å². The largest absolute Gasteiger partial charge is 0.411 e. The third kappa shape index (κ3) is 4.49. The van der Waals surface area contributed by atoms with Gasteiger partial charge in [0, 0.05) is 18.9 Å². The van der Waals surface area contributed by atoms with Gasteiger partial charge in [-0.05, 0) is 43.2 Å². The van der Waals surface area contributed by atoms with Crippen molar-refractivity contribution >= 4 is 17.0 Å². The number of hydrogen-bond acceptors (Lipinski definition) is 4. The molecule has 0 bridgehead atoms. The van der Waals surface area contributed by atoms with Crippen molar-refractivity contribution < 1.29 is 5.21 Å². The van der Waals surface area contributed by atoms with Crippen LogP contribution in [0, 0.1) is 6.92 Å². The summed E-state index contributed by atoms with van der Waals surface area (Å²) < 4.78 is 2.11. The van der Waals surface area contributed by atoms with Crippen molar-refractivity contribution in [2.24, 2.45) is 5.16 Å². The van der Waals surface area contributed by atoms with Gasteiger partial charge in [0.15, 0.2) is 0 Å². The zero-order valence-electron chi connectivity index (χ0n) is 11.8. The Bertz CT molecular complexity index is 531. The molecule has 0 aliphatic rings. The highest BCUT2D eigenvalue weighted by molar-refractivity contribution is 7.12. The van der Waals surface area contributed by atoms with Gasteiger partial charge in [0.05, 0.1) is 16.9 Å². The molecule has 108 valence electrons. The first-order valence-corrected chi connectivity index (χ1v) is 7.90. The second-order valence-electron chi connectivity index (χ2n) is 5.00. The summed E-state index contributed by atoms with van der Waals surface area (Å²) in [6.07, 6.45) is 11.1. The van der Waals surface area contributed by atoms with Crippen LogP contribution in [-0.4, -0.2) is 20.5 Å².